The van der Waals surface area contributed by atoms with E-state index < -0.39 is 0 Å². The van der Waals surface area contributed by atoms with Crippen LogP contribution in [0.5, 0.6) is 5.75 Å². The van der Waals surface area contributed by atoms with Gasteiger partial charge in [-0.15, -0.1) is 0 Å². The van der Waals surface area contributed by atoms with Crippen LogP contribution in [0, 0.1) is 12.3 Å². The first-order chi connectivity index (χ1) is 10.1. The molecule has 1 aliphatic carbocycles. The summed E-state index contributed by atoms with van der Waals surface area (Å²) in [7, 11) is 0. The van der Waals surface area contributed by atoms with Gasteiger partial charge in [0.1, 0.15) is 17.1 Å². The lowest BCUT2D eigenvalue weighted by atomic mass is 10.0. The molecule has 1 aliphatic rings. The number of nitrogens with zero attached hydrogens (tertiary/aromatic N) is 2. The summed E-state index contributed by atoms with van der Waals surface area (Å²) in [5.41, 5.74) is 7.48. The maximum Gasteiger partial charge on any atom is 0.145 e. The molecule has 0 unspecified atom stereocenters. The minimum absolute atomic E-state index is 0.0162. The third-order valence-corrected chi connectivity index (χ3v) is 4.00. The average molecular weight is 285 g/mol. The Morgan fingerprint density at radius 2 is 2.19 bits per heavy atom. The number of benzene rings is 1. The second-order valence-electron chi connectivity index (χ2n) is 5.84. The predicted octanol–water partition coefficient (Wildman–Crippen LogP) is 2.84. The van der Waals surface area contributed by atoms with Gasteiger partial charge in [-0.3, -0.25) is 0 Å². The fraction of sp³-hybridized carbons (Fsp3) is 0.375. The highest BCUT2D eigenvalue weighted by Gasteiger charge is 2.44. The van der Waals surface area contributed by atoms with Crippen molar-refractivity contribution in [3.8, 4) is 5.75 Å². The van der Waals surface area contributed by atoms with Crippen molar-refractivity contribution in [3.05, 3.63) is 36.0 Å². The second-order valence-corrected chi connectivity index (χ2v) is 5.84. The van der Waals surface area contributed by atoms with Crippen LogP contribution in [0.15, 0.2) is 35.5 Å². The fourth-order valence-corrected chi connectivity index (χ4v) is 2.53. The number of fused-ring (bicyclic) bond motifs is 1. The zero-order valence-electron chi connectivity index (χ0n) is 12.0. The smallest absolute Gasteiger partial charge is 0.145 e. The van der Waals surface area contributed by atoms with Crippen LogP contribution in [-0.4, -0.2) is 22.6 Å². The van der Waals surface area contributed by atoms with Crippen LogP contribution >= 0.6 is 0 Å². The van der Waals surface area contributed by atoms with Crippen molar-refractivity contribution < 1.29 is 9.94 Å². The van der Waals surface area contributed by atoms with E-state index in [2.05, 4.69) is 10.1 Å². The number of para-hydroxylation sites is 1. The highest BCUT2D eigenvalue weighted by Crippen LogP contribution is 2.49. The Morgan fingerprint density at radius 1 is 1.38 bits per heavy atom. The SMILES string of the molecule is Cc1ccc2cccc(OCC3(CC(N)=NO)CC3)c2n1. The Bertz CT molecular complexity index is 693. The van der Waals surface area contributed by atoms with Crippen molar-refractivity contribution in [2.24, 2.45) is 16.3 Å². The topological polar surface area (TPSA) is 80.7 Å². The minimum atomic E-state index is 0.0162. The van der Waals surface area contributed by atoms with E-state index in [0.717, 1.165) is 35.2 Å². The summed E-state index contributed by atoms with van der Waals surface area (Å²) in [6, 6.07) is 9.98. The molecule has 0 bridgehead atoms. The molecule has 5 heteroatoms. The largest absolute Gasteiger partial charge is 0.491 e. The molecule has 1 aromatic heterocycles. The molecule has 110 valence electrons. The molecule has 3 N–H and O–H groups in total. The second kappa shape index (κ2) is 5.24. The van der Waals surface area contributed by atoms with Crippen LogP contribution in [0.3, 0.4) is 0 Å². The van der Waals surface area contributed by atoms with Crippen LogP contribution in [0.1, 0.15) is 25.0 Å². The highest BCUT2D eigenvalue weighted by atomic mass is 16.5. The Hall–Kier alpha value is -2.30. The molecule has 0 saturated heterocycles. The van der Waals surface area contributed by atoms with E-state index in [9.17, 15) is 0 Å². The summed E-state index contributed by atoms with van der Waals surface area (Å²) in [6.07, 6.45) is 2.65. The summed E-state index contributed by atoms with van der Waals surface area (Å²) in [6.45, 7) is 2.54. The van der Waals surface area contributed by atoms with Gasteiger partial charge in [0.2, 0.25) is 0 Å². The Balaban J connectivity index is 1.78. The van der Waals surface area contributed by atoms with Crippen LogP contribution in [0.4, 0.5) is 0 Å². The van der Waals surface area contributed by atoms with Gasteiger partial charge in [0, 0.05) is 22.9 Å². The maximum absolute atomic E-state index is 8.70. The van der Waals surface area contributed by atoms with Gasteiger partial charge < -0.3 is 15.7 Å². The van der Waals surface area contributed by atoms with Gasteiger partial charge in [-0.1, -0.05) is 23.4 Å². The van der Waals surface area contributed by atoms with Gasteiger partial charge in [-0.2, -0.15) is 0 Å². The Labute approximate surface area is 123 Å². The molecular weight excluding hydrogens is 266 g/mol. The van der Waals surface area contributed by atoms with E-state index in [1.54, 1.807) is 0 Å². The van der Waals surface area contributed by atoms with E-state index in [0.29, 0.717) is 13.0 Å². The molecule has 0 spiro atoms. The van der Waals surface area contributed by atoms with Crippen LogP contribution in [0.2, 0.25) is 0 Å². The molecule has 0 atom stereocenters. The quantitative estimate of drug-likeness (QED) is 0.383. The van der Waals surface area contributed by atoms with Gasteiger partial charge in [0.15, 0.2) is 0 Å². The third kappa shape index (κ3) is 2.91. The zero-order chi connectivity index (χ0) is 14.9. The normalized spacial score (nSPS) is 16.9. The van der Waals surface area contributed by atoms with Gasteiger partial charge in [0.25, 0.3) is 0 Å². The predicted molar refractivity (Wildman–Crippen MR) is 81.7 cm³/mol. The molecule has 1 heterocycles. The molecule has 2 aromatic rings. The minimum Gasteiger partial charge on any atom is -0.491 e. The van der Waals surface area contributed by atoms with Crippen molar-refractivity contribution in [2.75, 3.05) is 6.61 Å². The molecule has 5 nitrogen and oxygen atoms in total. The molecule has 3 rings (SSSR count). The number of hydrogen-bond acceptors (Lipinski definition) is 4. The number of ether oxygens (including phenoxy) is 1. The van der Waals surface area contributed by atoms with Gasteiger partial charge in [-0.25, -0.2) is 4.98 Å². The van der Waals surface area contributed by atoms with Crippen LogP contribution in [0.25, 0.3) is 10.9 Å². The van der Waals surface area contributed by atoms with Gasteiger partial charge in [0.05, 0.1) is 6.61 Å². The lowest BCUT2D eigenvalue weighted by molar-refractivity contribution is 0.238. The van der Waals surface area contributed by atoms with Crippen molar-refractivity contribution in [3.63, 3.8) is 0 Å². The zero-order valence-corrected chi connectivity index (χ0v) is 12.0. The first kappa shape index (κ1) is 13.7. The van der Waals surface area contributed by atoms with E-state index >= 15 is 0 Å². The summed E-state index contributed by atoms with van der Waals surface area (Å²) in [5, 5.41) is 12.8. The molecule has 1 fully saturated rings. The summed E-state index contributed by atoms with van der Waals surface area (Å²) in [5.74, 6) is 1.06. The number of nitrogens with two attached hydrogens (primary N) is 1. The maximum atomic E-state index is 8.70. The average Bonchev–Trinajstić information content (AvgIpc) is 3.25. The number of hydrogen-bond donors (Lipinski definition) is 2. The Morgan fingerprint density at radius 3 is 2.90 bits per heavy atom. The molecule has 1 aromatic carbocycles. The Kier molecular flexibility index (Phi) is 3.41. The lowest BCUT2D eigenvalue weighted by Gasteiger charge is -2.16. The molecule has 21 heavy (non-hydrogen) atoms. The number of aryl methyl sites for hydroxylation is 1. The van der Waals surface area contributed by atoms with Gasteiger partial charge >= 0.3 is 0 Å². The van der Waals surface area contributed by atoms with E-state index in [4.69, 9.17) is 15.7 Å². The first-order valence-corrected chi connectivity index (χ1v) is 7.07. The number of pyridine rings is 1. The third-order valence-electron chi connectivity index (χ3n) is 4.00. The van der Waals surface area contributed by atoms with Crippen LogP contribution < -0.4 is 10.5 Å². The number of amidine groups is 1. The summed E-state index contributed by atoms with van der Waals surface area (Å²) in [4.78, 5) is 4.56. The standard InChI is InChI=1S/C16H19N3O2/c1-11-5-6-12-3-2-4-13(15(12)18-11)21-10-16(7-8-16)9-14(17)19-20/h2-6,20H,7-10H2,1H3,(H2,17,19). The molecule has 0 aliphatic heterocycles. The van der Waals surface area contributed by atoms with Gasteiger partial charge in [-0.05, 0) is 31.9 Å². The lowest BCUT2D eigenvalue weighted by Crippen LogP contribution is -2.22. The number of rotatable bonds is 5. The van der Waals surface area contributed by atoms with Crippen molar-refractivity contribution in [2.45, 2.75) is 26.2 Å². The van der Waals surface area contributed by atoms with Crippen LogP contribution in [-0.2, 0) is 0 Å². The summed E-state index contributed by atoms with van der Waals surface area (Å²) >= 11 is 0. The van der Waals surface area contributed by atoms with E-state index in [1.807, 2.05) is 37.3 Å². The number of oxime groups is 1. The molecular formula is C16H19N3O2. The number of aromatic nitrogens is 1. The first-order valence-electron chi connectivity index (χ1n) is 7.07. The highest BCUT2D eigenvalue weighted by molar-refractivity contribution is 5.84. The fourth-order valence-electron chi connectivity index (χ4n) is 2.53. The molecule has 1 saturated carbocycles. The monoisotopic (exact) mass is 285 g/mol. The van der Waals surface area contributed by atoms with Crippen molar-refractivity contribution in [1.82, 2.24) is 4.98 Å². The van der Waals surface area contributed by atoms with E-state index in [1.165, 1.54) is 0 Å². The molecule has 0 radical (unpaired) electrons. The van der Waals surface area contributed by atoms with E-state index in [-0.39, 0.29) is 11.3 Å². The molecule has 0 amide bonds. The van der Waals surface area contributed by atoms with Crippen molar-refractivity contribution >= 4 is 16.7 Å². The van der Waals surface area contributed by atoms with Crippen molar-refractivity contribution in [1.29, 1.82) is 0 Å². The summed E-state index contributed by atoms with van der Waals surface area (Å²) < 4.78 is 5.99.